The zero-order valence-corrected chi connectivity index (χ0v) is 14.9. The van der Waals surface area contributed by atoms with E-state index in [0.717, 1.165) is 16.6 Å². The van der Waals surface area contributed by atoms with E-state index in [1.54, 1.807) is 35.4 Å². The molecule has 1 N–H and O–H groups in total. The smallest absolute Gasteiger partial charge is 0.271 e. The molecule has 8 nitrogen and oxygen atoms in total. The average molecular weight is 388 g/mol. The van der Waals surface area contributed by atoms with Gasteiger partial charge in [-0.25, -0.2) is 13.8 Å². The van der Waals surface area contributed by atoms with Gasteiger partial charge in [-0.3, -0.25) is 19.3 Å². The second-order valence-electron chi connectivity index (χ2n) is 6.54. The molecule has 1 saturated heterocycles. The summed E-state index contributed by atoms with van der Waals surface area (Å²) in [5.41, 5.74) is 1.32. The number of carbonyl (C=O) groups is 1. The van der Waals surface area contributed by atoms with Crippen molar-refractivity contribution in [3.05, 3.63) is 52.8 Å². The highest BCUT2D eigenvalue weighted by atomic mass is 19.3. The molecule has 3 heterocycles. The molecule has 3 aromatic rings. The average Bonchev–Trinajstić information content (AvgIpc) is 3.24. The quantitative estimate of drug-likeness (QED) is 0.729. The molecule has 2 aromatic heterocycles. The lowest BCUT2D eigenvalue weighted by atomic mass is 10.2. The lowest BCUT2D eigenvalue weighted by Crippen LogP contribution is -2.48. The van der Waals surface area contributed by atoms with Gasteiger partial charge in [0.2, 0.25) is 0 Å². The number of halogens is 2. The number of H-pyrrole nitrogens is 1. The second kappa shape index (κ2) is 7.37. The fourth-order valence-electron chi connectivity index (χ4n) is 3.34. The van der Waals surface area contributed by atoms with Crippen LogP contribution in [-0.2, 0) is 6.54 Å². The van der Waals surface area contributed by atoms with Crippen LogP contribution in [0.4, 0.5) is 14.5 Å². The number of amides is 1. The summed E-state index contributed by atoms with van der Waals surface area (Å²) in [5, 5.41) is 6.78. The maximum Gasteiger partial charge on any atom is 0.271 e. The van der Waals surface area contributed by atoms with Crippen molar-refractivity contribution in [2.24, 2.45) is 0 Å². The van der Waals surface area contributed by atoms with E-state index in [9.17, 15) is 18.4 Å². The fraction of sp³-hybridized carbons (Fsp3) is 0.333. The molecular weight excluding hydrogens is 370 g/mol. The number of anilines is 1. The maximum absolute atomic E-state index is 12.6. The zero-order valence-electron chi connectivity index (χ0n) is 14.9. The van der Waals surface area contributed by atoms with Gasteiger partial charge in [-0.15, -0.1) is 0 Å². The molecule has 1 aliphatic heterocycles. The molecular formula is C18H18F2N6O2. The number of aromatic nitrogens is 4. The summed E-state index contributed by atoms with van der Waals surface area (Å²) < 4.78 is 26.0. The van der Waals surface area contributed by atoms with Crippen LogP contribution in [0.25, 0.3) is 10.9 Å². The van der Waals surface area contributed by atoms with Crippen LogP contribution >= 0.6 is 0 Å². The van der Waals surface area contributed by atoms with Gasteiger partial charge < -0.3 is 9.80 Å². The predicted molar refractivity (Wildman–Crippen MR) is 98.7 cm³/mol. The van der Waals surface area contributed by atoms with Gasteiger partial charge in [0, 0.05) is 38.1 Å². The number of hydrogen-bond acceptors (Lipinski definition) is 5. The van der Waals surface area contributed by atoms with Gasteiger partial charge in [0.05, 0.1) is 23.8 Å². The molecule has 0 saturated carbocycles. The molecule has 10 heteroatoms. The van der Waals surface area contributed by atoms with Crippen LogP contribution in [0.2, 0.25) is 0 Å². The molecule has 1 aliphatic rings. The number of fused-ring (bicyclic) bond motifs is 1. The number of aromatic amines is 1. The lowest BCUT2D eigenvalue weighted by molar-refractivity contribution is 0.0741. The van der Waals surface area contributed by atoms with E-state index in [1.165, 1.54) is 0 Å². The minimum Gasteiger partial charge on any atom is -0.368 e. The molecule has 0 radical (unpaired) electrons. The van der Waals surface area contributed by atoms with E-state index in [4.69, 9.17) is 0 Å². The molecule has 0 aliphatic carbocycles. The number of nitrogens with zero attached hydrogens (tertiary/aromatic N) is 5. The second-order valence-corrected chi connectivity index (χ2v) is 6.54. The van der Waals surface area contributed by atoms with Gasteiger partial charge in [0.1, 0.15) is 5.69 Å². The molecule has 0 bridgehead atoms. The predicted octanol–water partition coefficient (Wildman–Crippen LogP) is 1.35. The van der Waals surface area contributed by atoms with E-state index < -0.39 is 18.5 Å². The Morgan fingerprint density at radius 1 is 1.18 bits per heavy atom. The Bertz CT molecular complexity index is 1040. The van der Waals surface area contributed by atoms with Crippen LogP contribution in [0, 0.1) is 0 Å². The van der Waals surface area contributed by atoms with Crippen molar-refractivity contribution in [3.8, 4) is 0 Å². The van der Waals surface area contributed by atoms with E-state index >= 15 is 0 Å². The third-order valence-corrected chi connectivity index (χ3v) is 4.81. The Morgan fingerprint density at radius 3 is 2.64 bits per heavy atom. The topological polar surface area (TPSA) is 87.1 Å². The third kappa shape index (κ3) is 3.45. The van der Waals surface area contributed by atoms with E-state index in [0.29, 0.717) is 42.8 Å². The Balaban J connectivity index is 1.49. The number of piperazine rings is 1. The third-order valence-electron chi connectivity index (χ3n) is 4.81. The van der Waals surface area contributed by atoms with Crippen molar-refractivity contribution in [2.45, 2.75) is 13.0 Å². The number of carbonyl (C=O) groups excluding carboxylic acids is 1. The molecule has 1 aromatic carbocycles. The zero-order chi connectivity index (χ0) is 19.7. The van der Waals surface area contributed by atoms with Crippen molar-refractivity contribution in [3.63, 3.8) is 0 Å². The molecule has 1 fully saturated rings. The van der Waals surface area contributed by atoms with Crippen molar-refractivity contribution in [1.82, 2.24) is 24.6 Å². The van der Waals surface area contributed by atoms with Crippen molar-refractivity contribution < 1.29 is 13.6 Å². The van der Waals surface area contributed by atoms with Crippen molar-refractivity contribution >= 4 is 22.5 Å². The Hall–Kier alpha value is -3.30. The minimum absolute atomic E-state index is 0.0862. The summed E-state index contributed by atoms with van der Waals surface area (Å²) in [6.45, 7) is 1.70. The van der Waals surface area contributed by atoms with E-state index in [2.05, 4.69) is 20.1 Å². The lowest BCUT2D eigenvalue weighted by Gasteiger charge is -2.36. The van der Waals surface area contributed by atoms with Crippen LogP contribution in [0.15, 0.2) is 41.6 Å². The molecule has 0 spiro atoms. The summed E-state index contributed by atoms with van der Waals surface area (Å²) >= 11 is 0. The molecule has 0 unspecified atom stereocenters. The fourth-order valence-corrected chi connectivity index (χ4v) is 3.34. The van der Waals surface area contributed by atoms with Gasteiger partial charge in [0.25, 0.3) is 17.9 Å². The molecule has 0 atom stereocenters. The van der Waals surface area contributed by atoms with E-state index in [1.807, 2.05) is 0 Å². The number of alkyl halides is 2. The molecule has 1 amide bonds. The van der Waals surface area contributed by atoms with Crippen molar-refractivity contribution in [1.29, 1.82) is 0 Å². The summed E-state index contributed by atoms with van der Waals surface area (Å²) in [4.78, 5) is 32.7. The summed E-state index contributed by atoms with van der Waals surface area (Å²) in [7, 11) is 0. The largest absolute Gasteiger partial charge is 0.368 e. The van der Waals surface area contributed by atoms with Crippen LogP contribution in [0.3, 0.4) is 0 Å². The number of hydrogen-bond donors (Lipinski definition) is 1. The Kier molecular flexibility index (Phi) is 4.76. The van der Waals surface area contributed by atoms with Crippen molar-refractivity contribution in [2.75, 3.05) is 31.1 Å². The molecule has 4 rings (SSSR count). The van der Waals surface area contributed by atoms with Crippen LogP contribution < -0.4 is 10.5 Å². The first kappa shape index (κ1) is 18.1. The summed E-state index contributed by atoms with van der Waals surface area (Å²) in [6, 6.07) is 6.81. The van der Waals surface area contributed by atoms with Gasteiger partial charge in [-0.2, -0.15) is 5.10 Å². The first-order valence-corrected chi connectivity index (χ1v) is 8.84. The van der Waals surface area contributed by atoms with Gasteiger partial charge in [-0.1, -0.05) is 0 Å². The highest BCUT2D eigenvalue weighted by Gasteiger charge is 2.23. The first-order valence-electron chi connectivity index (χ1n) is 8.84. The monoisotopic (exact) mass is 388 g/mol. The van der Waals surface area contributed by atoms with Crippen LogP contribution in [0.5, 0.6) is 0 Å². The highest BCUT2D eigenvalue weighted by molar-refractivity contribution is 5.92. The minimum atomic E-state index is -2.61. The van der Waals surface area contributed by atoms with Crippen LogP contribution in [0.1, 0.15) is 10.5 Å². The standard InChI is InChI=1S/C18H18F2N6O2/c19-16(20)10-26-11-21-15-9-12(1-2-13(15)17(26)27)24-5-7-25(8-6-24)18(28)14-3-4-22-23-14/h1-4,9,11,16H,5-8,10H2,(H,22,23). The Labute approximate surface area is 158 Å². The van der Waals surface area contributed by atoms with Gasteiger partial charge in [-0.05, 0) is 24.3 Å². The first-order chi connectivity index (χ1) is 13.5. The SMILES string of the molecule is O=C(c1ccn[nH]1)N1CCN(c2ccc3c(=O)n(CC(F)F)cnc3c2)CC1. The number of nitrogens with one attached hydrogen (secondary N) is 1. The number of rotatable bonds is 4. The molecule has 28 heavy (non-hydrogen) atoms. The van der Waals surface area contributed by atoms with Crippen LogP contribution in [-0.4, -0.2) is 63.2 Å². The van der Waals surface area contributed by atoms with Gasteiger partial charge in [0.15, 0.2) is 0 Å². The summed E-state index contributed by atoms with van der Waals surface area (Å²) in [6.07, 6.45) is 0.0830. The highest BCUT2D eigenvalue weighted by Crippen LogP contribution is 2.21. The Morgan fingerprint density at radius 2 is 1.96 bits per heavy atom. The maximum atomic E-state index is 12.6. The summed E-state index contributed by atoms with van der Waals surface area (Å²) in [5.74, 6) is -0.0862. The number of benzene rings is 1. The van der Waals surface area contributed by atoms with Gasteiger partial charge >= 0.3 is 0 Å². The molecule has 146 valence electrons. The van der Waals surface area contributed by atoms with E-state index in [-0.39, 0.29) is 5.91 Å². The normalized spacial score (nSPS) is 14.8.